The summed E-state index contributed by atoms with van der Waals surface area (Å²) in [6.45, 7) is 4.38. The van der Waals surface area contributed by atoms with Gasteiger partial charge >= 0.3 is 5.97 Å². The molecule has 118 valence electrons. The van der Waals surface area contributed by atoms with Crippen LogP contribution in [0.4, 0.5) is 0 Å². The molecule has 0 amide bonds. The van der Waals surface area contributed by atoms with Gasteiger partial charge in [0.2, 0.25) is 0 Å². The van der Waals surface area contributed by atoms with E-state index < -0.39 is 5.97 Å². The Balaban J connectivity index is 2.00. The van der Waals surface area contributed by atoms with Gasteiger partial charge in [-0.15, -0.1) is 0 Å². The lowest BCUT2D eigenvalue weighted by molar-refractivity contribution is 0.0697. The number of ether oxygens (including phenoxy) is 2. The highest BCUT2D eigenvalue weighted by Crippen LogP contribution is 2.11. The number of hydrogen-bond donors (Lipinski definition) is 2. The minimum atomic E-state index is -0.933. The Bertz CT molecular complexity index is 407. The van der Waals surface area contributed by atoms with Crippen LogP contribution in [0, 0.1) is 0 Å². The molecule has 0 aromatic heterocycles. The molecule has 0 heterocycles. The van der Waals surface area contributed by atoms with Crippen molar-refractivity contribution in [1.29, 1.82) is 0 Å². The molecule has 1 aromatic carbocycles. The zero-order chi connectivity index (χ0) is 15.5. The van der Waals surface area contributed by atoms with Crippen LogP contribution in [-0.4, -0.2) is 69.5 Å². The summed E-state index contributed by atoms with van der Waals surface area (Å²) in [4.78, 5) is 12.8. The van der Waals surface area contributed by atoms with E-state index in [4.69, 9.17) is 14.6 Å². The topological polar surface area (TPSA) is 71.0 Å². The fourth-order valence-corrected chi connectivity index (χ4v) is 1.55. The van der Waals surface area contributed by atoms with E-state index in [1.54, 1.807) is 12.1 Å². The SMILES string of the molecule is CN(C)CCOCCNCCOc1ccc(C(=O)O)cc1. The molecule has 0 saturated carbocycles. The highest BCUT2D eigenvalue weighted by molar-refractivity contribution is 5.87. The summed E-state index contributed by atoms with van der Waals surface area (Å²) in [5.74, 6) is -0.262. The fraction of sp³-hybridized carbons (Fsp3) is 0.533. The number of carboxylic acid groups (broad SMARTS) is 1. The smallest absolute Gasteiger partial charge is 0.335 e. The van der Waals surface area contributed by atoms with Gasteiger partial charge in [0.1, 0.15) is 12.4 Å². The number of hydrogen-bond acceptors (Lipinski definition) is 5. The summed E-state index contributed by atoms with van der Waals surface area (Å²) in [6, 6.07) is 6.38. The molecule has 1 rings (SSSR count). The number of carboxylic acids is 1. The van der Waals surface area contributed by atoms with Gasteiger partial charge in [-0.25, -0.2) is 4.79 Å². The van der Waals surface area contributed by atoms with Crippen molar-refractivity contribution < 1.29 is 19.4 Å². The Labute approximate surface area is 125 Å². The van der Waals surface area contributed by atoms with E-state index in [0.717, 1.165) is 26.2 Å². The predicted molar refractivity (Wildman–Crippen MR) is 81.1 cm³/mol. The molecular weight excluding hydrogens is 272 g/mol. The van der Waals surface area contributed by atoms with E-state index in [1.165, 1.54) is 12.1 Å². The third-order valence-corrected chi connectivity index (χ3v) is 2.75. The third kappa shape index (κ3) is 8.29. The van der Waals surface area contributed by atoms with Crippen molar-refractivity contribution in [2.75, 3.05) is 53.6 Å². The van der Waals surface area contributed by atoms with Gasteiger partial charge in [0.25, 0.3) is 0 Å². The number of nitrogens with zero attached hydrogens (tertiary/aromatic N) is 1. The van der Waals surface area contributed by atoms with Gasteiger partial charge in [-0.05, 0) is 38.4 Å². The van der Waals surface area contributed by atoms with Crippen molar-refractivity contribution in [3.63, 3.8) is 0 Å². The molecule has 0 bridgehead atoms. The average molecular weight is 296 g/mol. The zero-order valence-electron chi connectivity index (χ0n) is 12.7. The highest BCUT2D eigenvalue weighted by atomic mass is 16.5. The second-order valence-electron chi connectivity index (χ2n) is 4.84. The first kappa shape index (κ1) is 17.4. The summed E-state index contributed by atoms with van der Waals surface area (Å²) in [5, 5.41) is 12.0. The number of nitrogens with one attached hydrogen (secondary N) is 1. The molecule has 0 saturated heterocycles. The summed E-state index contributed by atoms with van der Waals surface area (Å²) >= 11 is 0. The van der Waals surface area contributed by atoms with Gasteiger partial charge in [0.05, 0.1) is 18.8 Å². The Kier molecular flexibility index (Phi) is 8.42. The molecule has 0 atom stereocenters. The average Bonchev–Trinajstić information content (AvgIpc) is 2.45. The van der Waals surface area contributed by atoms with Crippen LogP contribution in [0.5, 0.6) is 5.75 Å². The van der Waals surface area contributed by atoms with Crippen LogP contribution < -0.4 is 10.1 Å². The van der Waals surface area contributed by atoms with Gasteiger partial charge in [0.15, 0.2) is 0 Å². The number of rotatable bonds is 11. The van der Waals surface area contributed by atoms with Crippen LogP contribution in [0.15, 0.2) is 24.3 Å². The van der Waals surface area contributed by atoms with E-state index in [9.17, 15) is 4.79 Å². The van der Waals surface area contributed by atoms with E-state index in [1.807, 2.05) is 14.1 Å². The third-order valence-electron chi connectivity index (χ3n) is 2.75. The number of likely N-dealkylation sites (N-methyl/N-ethyl adjacent to an activating group) is 1. The maximum absolute atomic E-state index is 10.7. The Hall–Kier alpha value is -1.63. The molecule has 0 fully saturated rings. The molecule has 6 heteroatoms. The molecule has 2 N–H and O–H groups in total. The van der Waals surface area contributed by atoms with Crippen LogP contribution in [0.25, 0.3) is 0 Å². The summed E-state index contributed by atoms with van der Waals surface area (Å²) in [6.07, 6.45) is 0. The zero-order valence-corrected chi connectivity index (χ0v) is 12.7. The Morgan fingerprint density at radius 1 is 1.14 bits per heavy atom. The van der Waals surface area contributed by atoms with Gasteiger partial charge in [-0.1, -0.05) is 0 Å². The van der Waals surface area contributed by atoms with Crippen molar-refractivity contribution in [3.8, 4) is 5.75 Å². The monoisotopic (exact) mass is 296 g/mol. The Morgan fingerprint density at radius 2 is 1.81 bits per heavy atom. The van der Waals surface area contributed by atoms with Crippen LogP contribution in [0.2, 0.25) is 0 Å². The second kappa shape index (κ2) is 10.1. The van der Waals surface area contributed by atoms with Gasteiger partial charge < -0.3 is 24.8 Å². The molecule has 21 heavy (non-hydrogen) atoms. The lowest BCUT2D eigenvalue weighted by Gasteiger charge is -2.10. The van der Waals surface area contributed by atoms with E-state index in [2.05, 4.69) is 10.2 Å². The quantitative estimate of drug-likeness (QED) is 0.592. The molecule has 0 radical (unpaired) electrons. The van der Waals surface area contributed by atoms with Gasteiger partial charge in [-0.2, -0.15) is 0 Å². The van der Waals surface area contributed by atoms with E-state index >= 15 is 0 Å². The maximum atomic E-state index is 10.7. The van der Waals surface area contributed by atoms with Crippen LogP contribution in [0.1, 0.15) is 10.4 Å². The van der Waals surface area contributed by atoms with Crippen LogP contribution in [0.3, 0.4) is 0 Å². The Morgan fingerprint density at radius 3 is 2.43 bits per heavy atom. The number of aromatic carboxylic acids is 1. The van der Waals surface area contributed by atoms with E-state index in [-0.39, 0.29) is 5.56 Å². The van der Waals surface area contributed by atoms with Crippen molar-refractivity contribution in [2.45, 2.75) is 0 Å². The van der Waals surface area contributed by atoms with Crippen LogP contribution >= 0.6 is 0 Å². The summed E-state index contributed by atoms with van der Waals surface area (Å²) < 4.78 is 10.9. The molecule has 0 aliphatic carbocycles. The van der Waals surface area contributed by atoms with E-state index in [0.29, 0.717) is 19.0 Å². The normalized spacial score (nSPS) is 10.8. The minimum Gasteiger partial charge on any atom is -0.492 e. The number of carbonyl (C=O) groups is 1. The fourth-order valence-electron chi connectivity index (χ4n) is 1.55. The van der Waals surface area contributed by atoms with Crippen molar-refractivity contribution in [1.82, 2.24) is 10.2 Å². The molecule has 6 nitrogen and oxygen atoms in total. The molecule has 0 aliphatic heterocycles. The second-order valence-corrected chi connectivity index (χ2v) is 4.84. The first-order chi connectivity index (χ1) is 10.1. The highest BCUT2D eigenvalue weighted by Gasteiger charge is 2.01. The van der Waals surface area contributed by atoms with Gasteiger partial charge in [-0.3, -0.25) is 0 Å². The standard InChI is InChI=1S/C15H24N2O4/c1-17(2)9-12-20-10-7-16-8-11-21-14-5-3-13(4-6-14)15(18)19/h3-6,16H,7-12H2,1-2H3,(H,18,19). The van der Waals surface area contributed by atoms with Crippen molar-refractivity contribution in [2.24, 2.45) is 0 Å². The summed E-state index contributed by atoms with van der Waals surface area (Å²) in [7, 11) is 4.03. The lowest BCUT2D eigenvalue weighted by atomic mass is 10.2. The molecule has 1 aromatic rings. The lowest BCUT2D eigenvalue weighted by Crippen LogP contribution is -2.26. The van der Waals surface area contributed by atoms with Gasteiger partial charge in [0, 0.05) is 19.6 Å². The molecule has 0 aliphatic rings. The maximum Gasteiger partial charge on any atom is 0.335 e. The van der Waals surface area contributed by atoms with Crippen LogP contribution in [-0.2, 0) is 4.74 Å². The number of benzene rings is 1. The van der Waals surface area contributed by atoms with Crippen molar-refractivity contribution in [3.05, 3.63) is 29.8 Å². The first-order valence-electron chi connectivity index (χ1n) is 6.99. The predicted octanol–water partition coefficient (Wildman–Crippen LogP) is 0.931. The molecule has 0 spiro atoms. The largest absolute Gasteiger partial charge is 0.492 e. The summed E-state index contributed by atoms with van der Waals surface area (Å²) in [5.41, 5.74) is 0.260. The molecular formula is C15H24N2O4. The molecule has 0 unspecified atom stereocenters. The first-order valence-corrected chi connectivity index (χ1v) is 6.99. The van der Waals surface area contributed by atoms with Crippen molar-refractivity contribution >= 4 is 5.97 Å². The minimum absolute atomic E-state index is 0.260.